The second-order valence-electron chi connectivity index (χ2n) is 4.60. The predicted molar refractivity (Wildman–Crippen MR) is 89.0 cm³/mol. The number of aryl methyl sites for hydroxylation is 1. The van der Waals surface area contributed by atoms with Crippen molar-refractivity contribution in [1.29, 1.82) is 0 Å². The molecule has 3 nitrogen and oxygen atoms in total. The molecule has 0 saturated heterocycles. The van der Waals surface area contributed by atoms with Gasteiger partial charge in [-0.15, -0.1) is 10.2 Å². The Morgan fingerprint density at radius 3 is 2.65 bits per heavy atom. The largest absolute Gasteiger partial charge is 0.327 e. The van der Waals surface area contributed by atoms with Gasteiger partial charge in [0, 0.05) is 10.9 Å². The highest BCUT2D eigenvalue weighted by Gasteiger charge is 2.08. The van der Waals surface area contributed by atoms with Crippen molar-refractivity contribution < 1.29 is 0 Å². The second-order valence-corrected chi connectivity index (χ2v) is 7.95. The minimum Gasteiger partial charge on any atom is -0.327 e. The first-order chi connectivity index (χ1) is 9.62. The molecule has 0 aliphatic rings. The highest BCUT2D eigenvalue weighted by molar-refractivity contribution is 8.03. The standard InChI is InChI=1S/C14H19N3S3/c1-4-11(15)8-10-5-6-12(7-9(10)2)19-14-17-16-13(18-3)20-14/h5-7,11H,4,8,15H2,1-3H3. The van der Waals surface area contributed by atoms with Crippen molar-refractivity contribution in [3.05, 3.63) is 29.3 Å². The van der Waals surface area contributed by atoms with E-state index < -0.39 is 0 Å². The maximum absolute atomic E-state index is 6.03. The summed E-state index contributed by atoms with van der Waals surface area (Å²) < 4.78 is 2.00. The minimum atomic E-state index is 0.250. The Hall–Kier alpha value is -0.560. The number of hydrogen-bond donors (Lipinski definition) is 1. The van der Waals surface area contributed by atoms with E-state index in [1.54, 1.807) is 34.9 Å². The molecule has 6 heteroatoms. The Balaban J connectivity index is 2.08. The molecule has 1 atom stereocenters. The number of thioether (sulfide) groups is 1. The fraction of sp³-hybridized carbons (Fsp3) is 0.429. The third kappa shape index (κ3) is 4.22. The first-order valence-corrected chi connectivity index (χ1v) is 9.38. The lowest BCUT2D eigenvalue weighted by molar-refractivity contribution is 0.644. The zero-order chi connectivity index (χ0) is 14.5. The van der Waals surface area contributed by atoms with Gasteiger partial charge in [0.25, 0.3) is 0 Å². The van der Waals surface area contributed by atoms with Gasteiger partial charge in [0.05, 0.1) is 0 Å². The summed E-state index contributed by atoms with van der Waals surface area (Å²) in [7, 11) is 0. The van der Waals surface area contributed by atoms with Gasteiger partial charge in [0.1, 0.15) is 0 Å². The number of rotatable bonds is 6. The van der Waals surface area contributed by atoms with Crippen LogP contribution in [-0.2, 0) is 6.42 Å². The van der Waals surface area contributed by atoms with E-state index in [0.717, 1.165) is 21.5 Å². The topological polar surface area (TPSA) is 51.8 Å². The second kappa shape index (κ2) is 7.45. The molecular weight excluding hydrogens is 306 g/mol. The molecule has 0 aliphatic carbocycles. The molecule has 0 aliphatic heterocycles. The van der Waals surface area contributed by atoms with Crippen molar-refractivity contribution >= 4 is 34.9 Å². The van der Waals surface area contributed by atoms with Gasteiger partial charge in [0.2, 0.25) is 0 Å². The molecule has 2 rings (SSSR count). The summed E-state index contributed by atoms with van der Waals surface area (Å²) in [4.78, 5) is 1.21. The van der Waals surface area contributed by atoms with Crippen molar-refractivity contribution in [1.82, 2.24) is 10.2 Å². The quantitative estimate of drug-likeness (QED) is 0.814. The number of benzene rings is 1. The molecule has 108 valence electrons. The van der Waals surface area contributed by atoms with Crippen molar-refractivity contribution in [3.8, 4) is 0 Å². The Kier molecular flexibility index (Phi) is 5.89. The summed E-state index contributed by atoms with van der Waals surface area (Å²) >= 11 is 4.94. The molecule has 0 spiro atoms. The monoisotopic (exact) mass is 325 g/mol. The van der Waals surface area contributed by atoms with Gasteiger partial charge in [-0.25, -0.2) is 0 Å². The third-order valence-corrected chi connectivity index (χ3v) is 6.03. The van der Waals surface area contributed by atoms with Crippen LogP contribution in [0.25, 0.3) is 0 Å². The Morgan fingerprint density at radius 1 is 1.30 bits per heavy atom. The summed E-state index contributed by atoms with van der Waals surface area (Å²) in [6, 6.07) is 6.79. The number of aromatic nitrogens is 2. The Bertz CT molecular complexity index is 569. The van der Waals surface area contributed by atoms with E-state index in [2.05, 4.69) is 42.2 Å². The van der Waals surface area contributed by atoms with E-state index in [1.807, 2.05) is 6.26 Å². The molecule has 20 heavy (non-hydrogen) atoms. The average molecular weight is 326 g/mol. The van der Waals surface area contributed by atoms with Gasteiger partial charge in [-0.1, -0.05) is 47.9 Å². The van der Waals surface area contributed by atoms with Crippen LogP contribution in [0.1, 0.15) is 24.5 Å². The first-order valence-electron chi connectivity index (χ1n) is 6.52. The van der Waals surface area contributed by atoms with Gasteiger partial charge in [-0.05, 0) is 49.3 Å². The molecule has 0 fully saturated rings. The molecular formula is C14H19N3S3. The molecule has 1 aromatic heterocycles. The zero-order valence-corrected chi connectivity index (χ0v) is 14.4. The molecule has 0 radical (unpaired) electrons. The summed E-state index contributed by atoms with van der Waals surface area (Å²) in [6.45, 7) is 4.28. The van der Waals surface area contributed by atoms with Crippen LogP contribution in [0, 0.1) is 6.92 Å². The molecule has 0 saturated carbocycles. The van der Waals surface area contributed by atoms with Crippen LogP contribution in [0.15, 0.2) is 31.8 Å². The maximum Gasteiger partial charge on any atom is 0.179 e. The SMILES string of the molecule is CCC(N)Cc1ccc(Sc2nnc(SC)s2)cc1C. The smallest absolute Gasteiger partial charge is 0.179 e. The lowest BCUT2D eigenvalue weighted by Crippen LogP contribution is -2.21. The molecule has 0 bridgehead atoms. The van der Waals surface area contributed by atoms with Crippen LogP contribution >= 0.6 is 34.9 Å². The zero-order valence-electron chi connectivity index (χ0n) is 11.9. The van der Waals surface area contributed by atoms with E-state index in [4.69, 9.17) is 5.73 Å². The average Bonchev–Trinajstić information content (AvgIpc) is 2.89. The summed E-state index contributed by atoms with van der Waals surface area (Å²) in [5, 5.41) is 8.30. The summed E-state index contributed by atoms with van der Waals surface area (Å²) in [5.74, 6) is 0. The van der Waals surface area contributed by atoms with E-state index in [9.17, 15) is 0 Å². The molecule has 1 heterocycles. The van der Waals surface area contributed by atoms with E-state index in [1.165, 1.54) is 16.0 Å². The minimum absolute atomic E-state index is 0.250. The van der Waals surface area contributed by atoms with Gasteiger partial charge < -0.3 is 5.73 Å². The fourth-order valence-corrected chi connectivity index (χ4v) is 4.32. The van der Waals surface area contributed by atoms with Gasteiger partial charge in [0.15, 0.2) is 8.68 Å². The van der Waals surface area contributed by atoms with Gasteiger partial charge >= 0.3 is 0 Å². The van der Waals surface area contributed by atoms with Crippen LogP contribution in [0.2, 0.25) is 0 Å². The third-order valence-electron chi connectivity index (χ3n) is 3.09. The molecule has 1 aromatic carbocycles. The summed E-state index contributed by atoms with van der Waals surface area (Å²) in [6.07, 6.45) is 3.98. The van der Waals surface area contributed by atoms with Crippen LogP contribution in [0.3, 0.4) is 0 Å². The Labute approximate surface area is 132 Å². The summed E-state index contributed by atoms with van der Waals surface area (Å²) in [5.41, 5.74) is 8.67. The van der Waals surface area contributed by atoms with Crippen LogP contribution in [-0.4, -0.2) is 22.5 Å². The van der Waals surface area contributed by atoms with E-state index in [0.29, 0.717) is 0 Å². The van der Waals surface area contributed by atoms with Crippen molar-refractivity contribution in [2.45, 2.75) is 46.3 Å². The number of nitrogens with two attached hydrogens (primary N) is 1. The van der Waals surface area contributed by atoms with E-state index >= 15 is 0 Å². The number of hydrogen-bond acceptors (Lipinski definition) is 6. The van der Waals surface area contributed by atoms with Crippen molar-refractivity contribution in [2.24, 2.45) is 5.73 Å². The van der Waals surface area contributed by atoms with Gasteiger partial charge in [-0.3, -0.25) is 0 Å². The van der Waals surface area contributed by atoms with E-state index in [-0.39, 0.29) is 6.04 Å². The van der Waals surface area contributed by atoms with Crippen LogP contribution in [0.5, 0.6) is 0 Å². The molecule has 2 aromatic rings. The van der Waals surface area contributed by atoms with Crippen LogP contribution < -0.4 is 5.73 Å². The van der Waals surface area contributed by atoms with Crippen LogP contribution in [0.4, 0.5) is 0 Å². The molecule has 1 unspecified atom stereocenters. The van der Waals surface area contributed by atoms with Crippen molar-refractivity contribution in [3.63, 3.8) is 0 Å². The Morgan fingerprint density at radius 2 is 2.05 bits per heavy atom. The molecule has 0 amide bonds. The maximum atomic E-state index is 6.03. The number of nitrogens with zero attached hydrogens (tertiary/aromatic N) is 2. The lowest BCUT2D eigenvalue weighted by atomic mass is 10.0. The van der Waals surface area contributed by atoms with Gasteiger partial charge in [-0.2, -0.15) is 0 Å². The lowest BCUT2D eigenvalue weighted by Gasteiger charge is -2.12. The van der Waals surface area contributed by atoms with Crippen molar-refractivity contribution in [2.75, 3.05) is 6.26 Å². The highest BCUT2D eigenvalue weighted by Crippen LogP contribution is 2.33. The highest BCUT2D eigenvalue weighted by atomic mass is 32.2. The fourth-order valence-electron chi connectivity index (χ4n) is 1.81. The predicted octanol–water partition coefficient (Wildman–Crippen LogP) is 4.00. The normalized spacial score (nSPS) is 12.6. The first kappa shape index (κ1) is 15.8. The molecule has 2 N–H and O–H groups in total.